The first-order chi connectivity index (χ1) is 10.8. The van der Waals surface area contributed by atoms with Gasteiger partial charge in [0.25, 0.3) is 0 Å². The predicted molar refractivity (Wildman–Crippen MR) is 92.0 cm³/mol. The van der Waals surface area contributed by atoms with Crippen molar-refractivity contribution < 1.29 is 0 Å². The van der Waals surface area contributed by atoms with Crippen molar-refractivity contribution in [2.45, 2.75) is 26.2 Å². The highest BCUT2D eigenvalue weighted by Gasteiger charge is 2.11. The minimum atomic E-state index is 0.656. The van der Waals surface area contributed by atoms with E-state index < -0.39 is 0 Å². The second-order valence-electron chi connectivity index (χ2n) is 5.25. The maximum Gasteiger partial charge on any atom is 0.199 e. The van der Waals surface area contributed by atoms with Crippen LogP contribution in [-0.2, 0) is 19.3 Å². The molecule has 0 aliphatic rings. The molecular formula is C18H19N3S. The van der Waals surface area contributed by atoms with E-state index in [9.17, 15) is 0 Å². The molecule has 0 aliphatic heterocycles. The SMILES string of the molecule is CCc1ccccc1-n1c(CCc2ccccc2)n[nH]c1=S. The van der Waals surface area contributed by atoms with Crippen molar-refractivity contribution in [1.82, 2.24) is 14.8 Å². The van der Waals surface area contributed by atoms with Gasteiger partial charge in [-0.1, -0.05) is 55.5 Å². The zero-order valence-electron chi connectivity index (χ0n) is 12.6. The van der Waals surface area contributed by atoms with Gasteiger partial charge < -0.3 is 0 Å². The van der Waals surface area contributed by atoms with Crippen LogP contribution in [0.5, 0.6) is 0 Å². The van der Waals surface area contributed by atoms with Crippen molar-refractivity contribution >= 4 is 12.2 Å². The molecule has 0 radical (unpaired) electrons. The molecule has 3 nitrogen and oxygen atoms in total. The molecule has 112 valence electrons. The Kier molecular flexibility index (Phi) is 4.49. The maximum atomic E-state index is 5.44. The monoisotopic (exact) mass is 309 g/mol. The topological polar surface area (TPSA) is 33.6 Å². The standard InChI is InChI=1S/C18H19N3S/c1-2-15-10-6-7-11-16(15)21-17(19-20-18(21)22)13-12-14-8-4-3-5-9-14/h3-11H,2,12-13H2,1H3,(H,20,22). The van der Waals surface area contributed by atoms with Crippen LogP contribution in [-0.4, -0.2) is 14.8 Å². The number of hydrogen-bond donors (Lipinski definition) is 1. The van der Waals surface area contributed by atoms with Gasteiger partial charge in [-0.15, -0.1) is 0 Å². The molecule has 0 amide bonds. The van der Waals surface area contributed by atoms with Gasteiger partial charge in [-0.2, -0.15) is 5.10 Å². The second-order valence-corrected chi connectivity index (χ2v) is 5.63. The van der Waals surface area contributed by atoms with Crippen LogP contribution in [0.15, 0.2) is 54.6 Å². The summed E-state index contributed by atoms with van der Waals surface area (Å²) >= 11 is 5.44. The number of aryl methyl sites for hydroxylation is 3. The van der Waals surface area contributed by atoms with Crippen molar-refractivity contribution in [1.29, 1.82) is 0 Å². The number of nitrogens with zero attached hydrogens (tertiary/aromatic N) is 2. The largest absolute Gasteiger partial charge is 0.272 e. The van der Waals surface area contributed by atoms with E-state index >= 15 is 0 Å². The van der Waals surface area contributed by atoms with E-state index in [1.54, 1.807) is 0 Å². The number of H-pyrrole nitrogens is 1. The average molecular weight is 309 g/mol. The summed E-state index contributed by atoms with van der Waals surface area (Å²) in [5.74, 6) is 0.981. The average Bonchev–Trinajstić information content (AvgIpc) is 2.94. The van der Waals surface area contributed by atoms with E-state index in [-0.39, 0.29) is 0 Å². The Bertz CT molecular complexity index is 802. The van der Waals surface area contributed by atoms with Gasteiger partial charge >= 0.3 is 0 Å². The molecule has 0 unspecified atom stereocenters. The molecule has 4 heteroatoms. The number of benzene rings is 2. The molecule has 0 spiro atoms. The third kappa shape index (κ3) is 3.02. The lowest BCUT2D eigenvalue weighted by atomic mass is 10.1. The summed E-state index contributed by atoms with van der Waals surface area (Å²) in [7, 11) is 0. The number of nitrogens with one attached hydrogen (secondary N) is 1. The summed E-state index contributed by atoms with van der Waals surface area (Å²) in [6.07, 6.45) is 2.78. The number of rotatable bonds is 5. The molecular weight excluding hydrogens is 290 g/mol. The summed E-state index contributed by atoms with van der Waals surface area (Å²) in [5, 5.41) is 7.37. The highest BCUT2D eigenvalue weighted by molar-refractivity contribution is 7.71. The quantitative estimate of drug-likeness (QED) is 0.714. The fraction of sp³-hybridized carbons (Fsp3) is 0.222. The van der Waals surface area contributed by atoms with E-state index in [2.05, 4.69) is 64.2 Å². The Balaban J connectivity index is 1.93. The van der Waals surface area contributed by atoms with E-state index in [0.717, 1.165) is 30.8 Å². The lowest BCUT2D eigenvalue weighted by Crippen LogP contribution is -2.06. The Morgan fingerprint density at radius 2 is 1.73 bits per heavy atom. The molecule has 0 atom stereocenters. The molecule has 0 bridgehead atoms. The number of aromatic amines is 1. The summed E-state index contributed by atoms with van der Waals surface area (Å²) in [5.41, 5.74) is 3.72. The molecule has 3 rings (SSSR count). The van der Waals surface area contributed by atoms with Gasteiger partial charge in [0, 0.05) is 6.42 Å². The fourth-order valence-electron chi connectivity index (χ4n) is 2.67. The van der Waals surface area contributed by atoms with Gasteiger partial charge in [0.05, 0.1) is 5.69 Å². The molecule has 3 aromatic rings. The Morgan fingerprint density at radius 1 is 1.00 bits per heavy atom. The van der Waals surface area contributed by atoms with Crippen LogP contribution < -0.4 is 0 Å². The second kappa shape index (κ2) is 6.71. The van der Waals surface area contributed by atoms with Crippen LogP contribution >= 0.6 is 12.2 Å². The smallest absolute Gasteiger partial charge is 0.199 e. The van der Waals surface area contributed by atoms with Gasteiger partial charge in [-0.05, 0) is 42.3 Å². The summed E-state index contributed by atoms with van der Waals surface area (Å²) in [6.45, 7) is 2.16. The normalized spacial score (nSPS) is 10.8. The fourth-order valence-corrected chi connectivity index (χ4v) is 2.92. The van der Waals surface area contributed by atoms with Crippen molar-refractivity contribution in [3.05, 3.63) is 76.3 Å². The molecule has 1 N–H and O–H groups in total. The van der Waals surface area contributed by atoms with Crippen molar-refractivity contribution in [3.63, 3.8) is 0 Å². The van der Waals surface area contributed by atoms with Gasteiger partial charge in [0.1, 0.15) is 5.82 Å². The van der Waals surface area contributed by atoms with Crippen LogP contribution in [0.4, 0.5) is 0 Å². The number of para-hydroxylation sites is 1. The zero-order valence-corrected chi connectivity index (χ0v) is 13.4. The first-order valence-corrected chi connectivity index (χ1v) is 7.99. The zero-order chi connectivity index (χ0) is 15.4. The molecule has 1 aromatic heterocycles. The first-order valence-electron chi connectivity index (χ1n) is 7.58. The van der Waals surface area contributed by atoms with Crippen molar-refractivity contribution in [3.8, 4) is 5.69 Å². The number of aromatic nitrogens is 3. The summed E-state index contributed by atoms with van der Waals surface area (Å²) in [4.78, 5) is 0. The molecule has 22 heavy (non-hydrogen) atoms. The van der Waals surface area contributed by atoms with Gasteiger partial charge in [-0.3, -0.25) is 9.67 Å². The minimum Gasteiger partial charge on any atom is -0.272 e. The molecule has 0 aliphatic carbocycles. The maximum absolute atomic E-state index is 5.44. The molecule has 0 saturated carbocycles. The van der Waals surface area contributed by atoms with E-state index in [0.29, 0.717) is 4.77 Å². The van der Waals surface area contributed by atoms with E-state index in [1.807, 2.05) is 12.1 Å². The predicted octanol–water partition coefficient (Wildman–Crippen LogP) is 4.28. The Labute approximate surface area is 135 Å². The van der Waals surface area contributed by atoms with E-state index in [1.165, 1.54) is 11.1 Å². The first kappa shape index (κ1) is 14.7. The van der Waals surface area contributed by atoms with Gasteiger partial charge in [0.15, 0.2) is 4.77 Å². The van der Waals surface area contributed by atoms with Crippen LogP contribution in [0.3, 0.4) is 0 Å². The lowest BCUT2D eigenvalue weighted by Gasteiger charge is -2.11. The minimum absolute atomic E-state index is 0.656. The third-order valence-corrected chi connectivity index (χ3v) is 4.11. The van der Waals surface area contributed by atoms with Gasteiger partial charge in [0.2, 0.25) is 0 Å². The third-order valence-electron chi connectivity index (χ3n) is 3.84. The van der Waals surface area contributed by atoms with Crippen LogP contribution in [0.2, 0.25) is 0 Å². The van der Waals surface area contributed by atoms with E-state index in [4.69, 9.17) is 12.2 Å². The molecule has 0 saturated heterocycles. The Hall–Kier alpha value is -2.20. The lowest BCUT2D eigenvalue weighted by molar-refractivity contribution is 0.814. The highest BCUT2D eigenvalue weighted by atomic mass is 32.1. The molecule has 1 heterocycles. The van der Waals surface area contributed by atoms with Crippen LogP contribution in [0.25, 0.3) is 5.69 Å². The summed E-state index contributed by atoms with van der Waals surface area (Å²) < 4.78 is 2.72. The van der Waals surface area contributed by atoms with Crippen molar-refractivity contribution in [2.24, 2.45) is 0 Å². The summed E-state index contributed by atoms with van der Waals surface area (Å²) in [6, 6.07) is 18.8. The number of hydrogen-bond acceptors (Lipinski definition) is 2. The molecule has 2 aromatic carbocycles. The highest BCUT2D eigenvalue weighted by Crippen LogP contribution is 2.18. The molecule has 0 fully saturated rings. The van der Waals surface area contributed by atoms with Gasteiger partial charge in [-0.25, -0.2) is 0 Å². The van der Waals surface area contributed by atoms with Crippen LogP contribution in [0.1, 0.15) is 23.9 Å². The van der Waals surface area contributed by atoms with Crippen molar-refractivity contribution in [2.75, 3.05) is 0 Å². The van der Waals surface area contributed by atoms with Crippen LogP contribution in [0, 0.1) is 4.77 Å². The Morgan fingerprint density at radius 3 is 2.50 bits per heavy atom.